The molecule has 7 nitrogen and oxygen atoms in total. The minimum atomic E-state index is -0.856. The van der Waals surface area contributed by atoms with Gasteiger partial charge in [0.1, 0.15) is 12.1 Å². The molecule has 0 spiro atoms. The molecule has 2 N–H and O–H groups in total. The Bertz CT molecular complexity index is 781. The van der Waals surface area contributed by atoms with Crippen molar-refractivity contribution in [2.45, 2.75) is 45.1 Å². The summed E-state index contributed by atoms with van der Waals surface area (Å²) in [7, 11) is 0. The van der Waals surface area contributed by atoms with Gasteiger partial charge in [-0.3, -0.25) is 14.5 Å². The topological polar surface area (TPSA) is 81.8 Å². The molecule has 7 heteroatoms. The largest absolute Gasteiger partial charge is 0.372 e. The first-order valence-electron chi connectivity index (χ1n) is 10.2. The summed E-state index contributed by atoms with van der Waals surface area (Å²) in [4.78, 5) is 40.5. The molecule has 2 saturated heterocycles. The van der Waals surface area contributed by atoms with Crippen LogP contribution in [0.25, 0.3) is 0 Å². The molecule has 1 atom stereocenters. The zero-order chi connectivity index (χ0) is 19.9. The number of anilines is 2. The Balaban J connectivity index is 1.34. The van der Waals surface area contributed by atoms with E-state index < -0.39 is 11.6 Å². The minimum Gasteiger partial charge on any atom is -0.372 e. The van der Waals surface area contributed by atoms with Crippen molar-refractivity contribution in [3.63, 3.8) is 0 Å². The summed E-state index contributed by atoms with van der Waals surface area (Å²) in [5.74, 6) is 0.289. The van der Waals surface area contributed by atoms with Crippen LogP contribution in [-0.4, -0.2) is 47.9 Å². The van der Waals surface area contributed by atoms with Crippen LogP contribution in [0.15, 0.2) is 24.3 Å². The molecule has 4 amide bonds. The van der Waals surface area contributed by atoms with Crippen molar-refractivity contribution < 1.29 is 14.4 Å². The van der Waals surface area contributed by atoms with Crippen LogP contribution in [0.2, 0.25) is 0 Å². The lowest BCUT2D eigenvalue weighted by molar-refractivity contribution is -0.134. The second-order valence-corrected chi connectivity index (χ2v) is 8.56. The van der Waals surface area contributed by atoms with E-state index in [4.69, 9.17) is 0 Å². The number of urea groups is 1. The number of carbonyl (C=O) groups excluding carboxylic acids is 3. The van der Waals surface area contributed by atoms with Crippen molar-refractivity contribution >= 4 is 29.2 Å². The molecule has 1 aromatic carbocycles. The van der Waals surface area contributed by atoms with Crippen LogP contribution in [0.5, 0.6) is 0 Å². The fourth-order valence-electron chi connectivity index (χ4n) is 4.16. The molecule has 1 aliphatic carbocycles. The van der Waals surface area contributed by atoms with E-state index in [0.717, 1.165) is 42.4 Å². The summed E-state index contributed by atoms with van der Waals surface area (Å²) in [6, 6.07) is 7.26. The normalized spacial score (nSPS) is 25.8. The third kappa shape index (κ3) is 3.57. The number of nitrogens with zero attached hydrogens (tertiary/aromatic N) is 2. The number of hydrogen-bond acceptors (Lipinski definition) is 4. The van der Waals surface area contributed by atoms with Gasteiger partial charge in [-0.25, -0.2) is 4.79 Å². The summed E-state index contributed by atoms with van der Waals surface area (Å²) in [5.41, 5.74) is 0.959. The third-order valence-corrected chi connectivity index (χ3v) is 6.30. The van der Waals surface area contributed by atoms with E-state index >= 15 is 0 Å². The highest BCUT2D eigenvalue weighted by molar-refractivity contribution is 6.10. The maximum Gasteiger partial charge on any atom is 0.325 e. The third-order valence-electron chi connectivity index (χ3n) is 6.30. The second-order valence-electron chi connectivity index (χ2n) is 8.56. The molecule has 3 aliphatic rings. The van der Waals surface area contributed by atoms with E-state index in [0.29, 0.717) is 5.69 Å². The van der Waals surface area contributed by atoms with Gasteiger partial charge in [-0.15, -0.1) is 0 Å². The van der Waals surface area contributed by atoms with E-state index in [1.807, 2.05) is 24.3 Å². The molecule has 4 rings (SSSR count). The molecule has 1 saturated carbocycles. The summed E-state index contributed by atoms with van der Waals surface area (Å²) >= 11 is 0. The van der Waals surface area contributed by atoms with Crippen molar-refractivity contribution in [1.82, 2.24) is 10.2 Å². The molecule has 1 aromatic rings. The van der Waals surface area contributed by atoms with Crippen molar-refractivity contribution in [3.05, 3.63) is 24.3 Å². The van der Waals surface area contributed by atoms with Gasteiger partial charge in [0.25, 0.3) is 5.91 Å². The maximum absolute atomic E-state index is 12.6. The summed E-state index contributed by atoms with van der Waals surface area (Å²) in [6.07, 6.45) is 4.27. The Morgan fingerprint density at radius 3 is 2.39 bits per heavy atom. The Morgan fingerprint density at radius 1 is 1.14 bits per heavy atom. The van der Waals surface area contributed by atoms with Crippen molar-refractivity contribution in [3.8, 4) is 0 Å². The fraction of sp³-hybridized carbons (Fsp3) is 0.571. The number of amides is 4. The molecular weight excluding hydrogens is 356 g/mol. The maximum atomic E-state index is 12.6. The standard InChI is InChI=1S/C21H28N4O3/c1-14-9-11-24(12-10-14)17-7-5-16(6-8-17)22-18(26)13-25-19(27)21(2,15-3-4-15)23-20(25)28/h5-8,14-15H,3-4,9-13H2,1-2H3,(H,22,26)(H,23,28). The molecule has 28 heavy (non-hydrogen) atoms. The average Bonchev–Trinajstić information content (AvgIpc) is 3.49. The monoisotopic (exact) mass is 384 g/mol. The first-order chi connectivity index (χ1) is 13.4. The van der Waals surface area contributed by atoms with Crippen LogP contribution in [0.1, 0.15) is 39.5 Å². The average molecular weight is 384 g/mol. The Morgan fingerprint density at radius 2 is 1.79 bits per heavy atom. The number of carbonyl (C=O) groups is 3. The van der Waals surface area contributed by atoms with E-state index in [1.165, 1.54) is 12.8 Å². The molecule has 0 bridgehead atoms. The van der Waals surface area contributed by atoms with Crippen LogP contribution in [0, 0.1) is 11.8 Å². The van der Waals surface area contributed by atoms with Crippen molar-refractivity contribution in [1.29, 1.82) is 0 Å². The van der Waals surface area contributed by atoms with Gasteiger partial charge in [0, 0.05) is 24.5 Å². The number of piperidine rings is 1. The molecule has 0 radical (unpaired) electrons. The summed E-state index contributed by atoms with van der Waals surface area (Å²) in [6.45, 7) is 5.88. The number of imide groups is 1. The number of rotatable bonds is 5. The van der Waals surface area contributed by atoms with Crippen LogP contribution >= 0.6 is 0 Å². The zero-order valence-electron chi connectivity index (χ0n) is 16.5. The van der Waals surface area contributed by atoms with Gasteiger partial charge in [0.2, 0.25) is 5.91 Å². The van der Waals surface area contributed by atoms with Gasteiger partial charge in [0.15, 0.2) is 0 Å². The van der Waals surface area contributed by atoms with Crippen molar-refractivity contribution in [2.24, 2.45) is 11.8 Å². The van der Waals surface area contributed by atoms with Crippen LogP contribution in [-0.2, 0) is 9.59 Å². The van der Waals surface area contributed by atoms with Gasteiger partial charge in [-0.2, -0.15) is 0 Å². The molecule has 1 unspecified atom stereocenters. The van der Waals surface area contributed by atoms with Gasteiger partial charge in [-0.1, -0.05) is 6.92 Å². The number of hydrogen-bond donors (Lipinski definition) is 2. The first-order valence-corrected chi connectivity index (χ1v) is 10.2. The van der Waals surface area contributed by atoms with Gasteiger partial charge in [0.05, 0.1) is 0 Å². The molecule has 0 aromatic heterocycles. The smallest absolute Gasteiger partial charge is 0.325 e. The van der Waals surface area contributed by atoms with Gasteiger partial charge >= 0.3 is 6.03 Å². The molecular formula is C21H28N4O3. The lowest BCUT2D eigenvalue weighted by atomic mass is 9.96. The van der Waals surface area contributed by atoms with E-state index in [-0.39, 0.29) is 24.3 Å². The van der Waals surface area contributed by atoms with Crippen LogP contribution in [0.3, 0.4) is 0 Å². The highest BCUT2D eigenvalue weighted by atomic mass is 16.2. The Hall–Kier alpha value is -2.57. The fourth-order valence-corrected chi connectivity index (χ4v) is 4.16. The van der Waals surface area contributed by atoms with Gasteiger partial charge in [-0.05, 0) is 68.7 Å². The van der Waals surface area contributed by atoms with Gasteiger partial charge < -0.3 is 15.5 Å². The zero-order valence-corrected chi connectivity index (χ0v) is 16.5. The predicted molar refractivity (Wildman–Crippen MR) is 107 cm³/mol. The van der Waals surface area contributed by atoms with Crippen molar-refractivity contribution in [2.75, 3.05) is 29.9 Å². The Labute approximate surface area is 165 Å². The van der Waals surface area contributed by atoms with Crippen LogP contribution in [0.4, 0.5) is 16.2 Å². The summed E-state index contributed by atoms with van der Waals surface area (Å²) < 4.78 is 0. The van der Waals surface area contributed by atoms with E-state index in [9.17, 15) is 14.4 Å². The molecule has 2 aliphatic heterocycles. The predicted octanol–water partition coefficient (Wildman–Crippen LogP) is 2.58. The quantitative estimate of drug-likeness (QED) is 0.765. The molecule has 150 valence electrons. The Kier molecular flexibility index (Phi) is 4.77. The lowest BCUT2D eigenvalue weighted by Gasteiger charge is -2.32. The first kappa shape index (κ1) is 18.8. The number of nitrogens with one attached hydrogen (secondary N) is 2. The molecule has 3 fully saturated rings. The highest BCUT2D eigenvalue weighted by Gasteiger charge is 2.56. The van der Waals surface area contributed by atoms with E-state index in [2.05, 4.69) is 22.5 Å². The SMILES string of the molecule is CC1CCN(c2ccc(NC(=O)CN3C(=O)NC(C)(C4CC4)C3=O)cc2)CC1. The lowest BCUT2D eigenvalue weighted by Crippen LogP contribution is -2.46. The van der Waals surface area contributed by atoms with E-state index in [1.54, 1.807) is 6.92 Å². The highest BCUT2D eigenvalue weighted by Crippen LogP contribution is 2.42. The minimum absolute atomic E-state index is 0.183. The second kappa shape index (κ2) is 7.11. The molecule has 2 heterocycles. The summed E-state index contributed by atoms with van der Waals surface area (Å²) in [5, 5.41) is 5.55. The van der Waals surface area contributed by atoms with Crippen LogP contribution < -0.4 is 15.5 Å². The number of benzene rings is 1.